The number of fused-ring (bicyclic) bond motifs is 1. The first kappa shape index (κ1) is 13.9. The van der Waals surface area contributed by atoms with Crippen LogP contribution in [-0.2, 0) is 10.2 Å². The molecule has 0 spiro atoms. The molecule has 1 N–H and O–H groups in total. The van der Waals surface area contributed by atoms with Crippen LogP contribution in [0.4, 0.5) is 0 Å². The van der Waals surface area contributed by atoms with Gasteiger partial charge in [-0.3, -0.25) is 4.79 Å². The van der Waals surface area contributed by atoms with Crippen LogP contribution in [0.3, 0.4) is 0 Å². The first-order valence-corrected chi connectivity index (χ1v) is 7.79. The zero-order valence-electron chi connectivity index (χ0n) is 12.9. The van der Waals surface area contributed by atoms with E-state index in [9.17, 15) is 4.79 Å². The minimum atomic E-state index is -0.648. The summed E-state index contributed by atoms with van der Waals surface area (Å²) in [4.78, 5) is 16.8. The molecule has 116 valence electrons. The van der Waals surface area contributed by atoms with Crippen LogP contribution in [0.25, 0.3) is 22.2 Å². The number of aromatic nitrogens is 2. The van der Waals surface area contributed by atoms with Gasteiger partial charge in [-0.25, -0.2) is 0 Å². The van der Waals surface area contributed by atoms with E-state index in [1.54, 1.807) is 7.05 Å². The topological polar surface area (TPSA) is 68.0 Å². The lowest BCUT2D eigenvalue weighted by atomic mass is 9.68. The van der Waals surface area contributed by atoms with Crippen molar-refractivity contribution in [3.63, 3.8) is 0 Å². The van der Waals surface area contributed by atoms with Gasteiger partial charge in [-0.05, 0) is 23.6 Å². The van der Waals surface area contributed by atoms with Crippen LogP contribution in [0.5, 0.6) is 0 Å². The SMILES string of the molecule is CNC(=O)C1(c2nc(-c3cccc4ccccc34)no2)CCC1. The van der Waals surface area contributed by atoms with Gasteiger partial charge in [0.2, 0.25) is 17.6 Å². The standard InChI is InChI=1S/C18H17N3O2/c1-19-16(22)18(10-5-11-18)17-20-15(21-23-17)14-9-4-7-12-6-2-3-8-13(12)14/h2-4,6-9H,5,10-11H2,1H3,(H,19,22). The predicted octanol–water partition coefficient (Wildman–Crippen LogP) is 3.06. The number of nitrogens with zero attached hydrogens (tertiary/aromatic N) is 2. The van der Waals surface area contributed by atoms with Crippen molar-refractivity contribution >= 4 is 16.7 Å². The lowest BCUT2D eigenvalue weighted by Crippen LogP contribution is -2.48. The number of carbonyl (C=O) groups is 1. The molecule has 0 aliphatic heterocycles. The van der Waals surface area contributed by atoms with Crippen molar-refractivity contribution < 1.29 is 9.32 Å². The van der Waals surface area contributed by atoms with Crippen LogP contribution in [0.1, 0.15) is 25.2 Å². The molecule has 0 radical (unpaired) electrons. The quantitative estimate of drug-likeness (QED) is 0.807. The molecule has 1 amide bonds. The van der Waals surface area contributed by atoms with Gasteiger partial charge in [0.1, 0.15) is 5.41 Å². The Labute approximate surface area is 133 Å². The maximum Gasteiger partial charge on any atom is 0.242 e. The van der Waals surface area contributed by atoms with Gasteiger partial charge in [0.05, 0.1) is 0 Å². The van der Waals surface area contributed by atoms with E-state index in [1.807, 2.05) is 30.3 Å². The fourth-order valence-electron chi connectivity index (χ4n) is 3.26. The van der Waals surface area contributed by atoms with Gasteiger partial charge in [0.25, 0.3) is 0 Å². The number of likely N-dealkylation sites (N-methyl/N-ethyl adjacent to an activating group) is 1. The van der Waals surface area contributed by atoms with E-state index < -0.39 is 5.41 Å². The Morgan fingerprint density at radius 2 is 1.96 bits per heavy atom. The fourth-order valence-corrected chi connectivity index (χ4v) is 3.26. The minimum Gasteiger partial charge on any atom is -0.358 e. The average Bonchev–Trinajstić information content (AvgIpc) is 3.03. The molecule has 1 heterocycles. The van der Waals surface area contributed by atoms with Crippen molar-refractivity contribution in [3.05, 3.63) is 48.4 Å². The zero-order chi connectivity index (χ0) is 15.9. The molecule has 0 atom stereocenters. The summed E-state index contributed by atoms with van der Waals surface area (Å²) >= 11 is 0. The Morgan fingerprint density at radius 1 is 1.17 bits per heavy atom. The smallest absolute Gasteiger partial charge is 0.242 e. The molecule has 0 bridgehead atoms. The van der Waals surface area contributed by atoms with Crippen LogP contribution < -0.4 is 5.32 Å². The number of nitrogens with one attached hydrogen (secondary N) is 1. The third-order valence-electron chi connectivity index (χ3n) is 4.73. The molecule has 2 aromatic carbocycles. The van der Waals surface area contributed by atoms with E-state index in [4.69, 9.17) is 4.52 Å². The van der Waals surface area contributed by atoms with E-state index in [-0.39, 0.29) is 5.91 Å². The van der Waals surface area contributed by atoms with Crippen molar-refractivity contribution in [2.75, 3.05) is 7.05 Å². The lowest BCUT2D eigenvalue weighted by molar-refractivity contribution is -0.130. The summed E-state index contributed by atoms with van der Waals surface area (Å²) in [5.74, 6) is 0.912. The molecular weight excluding hydrogens is 290 g/mol. The van der Waals surface area contributed by atoms with E-state index in [2.05, 4.69) is 27.6 Å². The highest BCUT2D eigenvalue weighted by molar-refractivity contribution is 5.95. The predicted molar refractivity (Wildman–Crippen MR) is 86.8 cm³/mol. The third-order valence-corrected chi connectivity index (χ3v) is 4.73. The van der Waals surface area contributed by atoms with Crippen LogP contribution in [0.2, 0.25) is 0 Å². The van der Waals surface area contributed by atoms with E-state index in [1.165, 1.54) is 0 Å². The van der Waals surface area contributed by atoms with E-state index in [0.29, 0.717) is 11.7 Å². The summed E-state index contributed by atoms with van der Waals surface area (Å²) < 4.78 is 5.48. The van der Waals surface area contributed by atoms with Gasteiger partial charge in [0.15, 0.2) is 0 Å². The maximum atomic E-state index is 12.2. The van der Waals surface area contributed by atoms with Crippen molar-refractivity contribution in [1.82, 2.24) is 15.5 Å². The lowest BCUT2D eigenvalue weighted by Gasteiger charge is -2.35. The molecule has 4 rings (SSSR count). The second kappa shape index (κ2) is 5.19. The molecular formula is C18H17N3O2. The van der Waals surface area contributed by atoms with Gasteiger partial charge < -0.3 is 9.84 Å². The highest BCUT2D eigenvalue weighted by Gasteiger charge is 2.50. The molecule has 0 unspecified atom stereocenters. The molecule has 1 aliphatic rings. The second-order valence-corrected chi connectivity index (χ2v) is 5.96. The zero-order valence-corrected chi connectivity index (χ0v) is 12.9. The molecule has 3 aromatic rings. The summed E-state index contributed by atoms with van der Waals surface area (Å²) in [5, 5.41) is 9.05. The number of hydrogen-bond acceptors (Lipinski definition) is 4. The molecule has 23 heavy (non-hydrogen) atoms. The first-order chi connectivity index (χ1) is 11.2. The minimum absolute atomic E-state index is 0.0446. The van der Waals surface area contributed by atoms with Crippen LogP contribution in [-0.4, -0.2) is 23.1 Å². The fraction of sp³-hybridized carbons (Fsp3) is 0.278. The highest BCUT2D eigenvalue weighted by Crippen LogP contribution is 2.43. The van der Waals surface area contributed by atoms with Crippen LogP contribution >= 0.6 is 0 Å². The average molecular weight is 307 g/mol. The van der Waals surface area contributed by atoms with Gasteiger partial charge >= 0.3 is 0 Å². The Balaban J connectivity index is 1.80. The number of rotatable bonds is 3. The summed E-state index contributed by atoms with van der Waals surface area (Å²) in [6.45, 7) is 0. The van der Waals surface area contributed by atoms with E-state index in [0.717, 1.165) is 35.6 Å². The summed E-state index contributed by atoms with van der Waals surface area (Å²) in [6, 6.07) is 14.1. The van der Waals surface area contributed by atoms with Crippen molar-refractivity contribution in [1.29, 1.82) is 0 Å². The van der Waals surface area contributed by atoms with Gasteiger partial charge in [0, 0.05) is 12.6 Å². The Kier molecular flexibility index (Phi) is 3.15. The van der Waals surface area contributed by atoms with Gasteiger partial charge in [-0.1, -0.05) is 54.0 Å². The Hall–Kier alpha value is -2.69. The number of hydrogen-bond donors (Lipinski definition) is 1. The van der Waals surface area contributed by atoms with Crippen molar-refractivity contribution in [2.24, 2.45) is 0 Å². The largest absolute Gasteiger partial charge is 0.358 e. The van der Waals surface area contributed by atoms with E-state index >= 15 is 0 Å². The van der Waals surface area contributed by atoms with Gasteiger partial charge in [-0.2, -0.15) is 4.98 Å². The number of amides is 1. The normalized spacial score (nSPS) is 16.0. The molecule has 1 saturated carbocycles. The molecule has 0 saturated heterocycles. The molecule has 1 aromatic heterocycles. The van der Waals surface area contributed by atoms with Crippen molar-refractivity contribution in [2.45, 2.75) is 24.7 Å². The molecule has 1 fully saturated rings. The first-order valence-electron chi connectivity index (χ1n) is 7.79. The summed E-state index contributed by atoms with van der Waals surface area (Å²) in [5.41, 5.74) is 0.273. The molecule has 5 nitrogen and oxygen atoms in total. The maximum absolute atomic E-state index is 12.2. The summed E-state index contributed by atoms with van der Waals surface area (Å²) in [6.07, 6.45) is 2.51. The number of benzene rings is 2. The monoisotopic (exact) mass is 307 g/mol. The van der Waals surface area contributed by atoms with Crippen molar-refractivity contribution in [3.8, 4) is 11.4 Å². The van der Waals surface area contributed by atoms with Gasteiger partial charge in [-0.15, -0.1) is 0 Å². The summed E-state index contributed by atoms with van der Waals surface area (Å²) in [7, 11) is 1.64. The Bertz CT molecular complexity index is 875. The second-order valence-electron chi connectivity index (χ2n) is 5.96. The Morgan fingerprint density at radius 3 is 2.70 bits per heavy atom. The molecule has 5 heteroatoms. The number of carbonyl (C=O) groups excluding carboxylic acids is 1. The van der Waals surface area contributed by atoms with Crippen LogP contribution in [0, 0.1) is 0 Å². The highest BCUT2D eigenvalue weighted by atomic mass is 16.5. The third kappa shape index (κ3) is 2.04. The van der Waals surface area contributed by atoms with Crippen LogP contribution in [0.15, 0.2) is 47.0 Å². The molecule has 1 aliphatic carbocycles.